The summed E-state index contributed by atoms with van der Waals surface area (Å²) in [5.74, 6) is -0.271. The molecule has 19 heavy (non-hydrogen) atoms. The fourth-order valence-corrected chi connectivity index (χ4v) is 2.01. The molecular formula is C15H18F2O2. The molecule has 1 aromatic rings. The summed E-state index contributed by atoms with van der Waals surface area (Å²) in [6.07, 6.45) is 2.04. The van der Waals surface area contributed by atoms with Gasteiger partial charge in [0.05, 0.1) is 13.2 Å². The number of halogens is 2. The van der Waals surface area contributed by atoms with E-state index >= 15 is 0 Å². The number of hydrogen-bond donors (Lipinski definition) is 0. The number of benzene rings is 1. The first-order chi connectivity index (χ1) is 9.08. The number of alkyl halides is 1. The molecular weight excluding hydrogens is 250 g/mol. The van der Waals surface area contributed by atoms with Gasteiger partial charge in [0.2, 0.25) is 0 Å². The van der Waals surface area contributed by atoms with Crippen molar-refractivity contribution >= 4 is 0 Å². The van der Waals surface area contributed by atoms with E-state index in [2.05, 4.69) is 6.58 Å². The van der Waals surface area contributed by atoms with E-state index in [1.54, 1.807) is 12.1 Å². The van der Waals surface area contributed by atoms with Gasteiger partial charge in [0, 0.05) is 5.56 Å². The van der Waals surface area contributed by atoms with Gasteiger partial charge >= 0.3 is 0 Å². The van der Waals surface area contributed by atoms with Gasteiger partial charge in [-0.25, -0.2) is 8.78 Å². The quantitative estimate of drug-likeness (QED) is 0.775. The van der Waals surface area contributed by atoms with Gasteiger partial charge in [0.1, 0.15) is 5.82 Å². The highest BCUT2D eigenvalue weighted by molar-refractivity contribution is 5.25. The van der Waals surface area contributed by atoms with Crippen molar-refractivity contribution in [3.05, 3.63) is 47.8 Å². The number of rotatable bonds is 4. The zero-order valence-corrected chi connectivity index (χ0v) is 11.0. The number of ether oxygens (including phenoxy) is 2. The van der Waals surface area contributed by atoms with Crippen LogP contribution in [0.1, 0.15) is 30.8 Å². The Kier molecular flexibility index (Phi) is 4.32. The predicted molar refractivity (Wildman–Crippen MR) is 69.1 cm³/mol. The smallest absolute Gasteiger partial charge is 0.184 e. The molecule has 0 radical (unpaired) electrons. The third kappa shape index (κ3) is 3.19. The van der Waals surface area contributed by atoms with Crippen molar-refractivity contribution < 1.29 is 18.3 Å². The first-order valence-corrected chi connectivity index (χ1v) is 6.42. The normalized spacial score (nSPS) is 27.2. The van der Waals surface area contributed by atoms with Gasteiger partial charge in [-0.1, -0.05) is 38.1 Å². The molecule has 1 saturated heterocycles. The lowest BCUT2D eigenvalue weighted by Crippen LogP contribution is -2.39. The monoisotopic (exact) mass is 268 g/mol. The Bertz CT molecular complexity index is 451. The molecule has 1 aliphatic heterocycles. The largest absolute Gasteiger partial charge is 0.345 e. The molecule has 0 aromatic heterocycles. The molecule has 1 aromatic carbocycles. The summed E-state index contributed by atoms with van der Waals surface area (Å²) in [6, 6.07) is 4.89. The molecule has 2 rings (SSSR count). The minimum atomic E-state index is -1.66. The van der Waals surface area contributed by atoms with E-state index in [1.807, 2.05) is 6.92 Å². The Morgan fingerprint density at radius 3 is 2.63 bits per heavy atom. The summed E-state index contributed by atoms with van der Waals surface area (Å²) in [7, 11) is 0. The fraction of sp³-hybridized carbons (Fsp3) is 0.467. The van der Waals surface area contributed by atoms with Crippen LogP contribution in [0.15, 0.2) is 30.9 Å². The van der Waals surface area contributed by atoms with Gasteiger partial charge in [-0.2, -0.15) is 0 Å². The number of hydrogen-bond acceptors (Lipinski definition) is 2. The molecule has 0 aliphatic carbocycles. The molecule has 0 unspecified atom stereocenters. The van der Waals surface area contributed by atoms with Crippen LogP contribution >= 0.6 is 0 Å². The first-order valence-electron chi connectivity index (χ1n) is 6.42. The van der Waals surface area contributed by atoms with Gasteiger partial charge in [-0.3, -0.25) is 0 Å². The van der Waals surface area contributed by atoms with Gasteiger partial charge in [0.15, 0.2) is 12.0 Å². The van der Waals surface area contributed by atoms with Gasteiger partial charge in [-0.05, 0) is 18.1 Å². The molecule has 0 N–H and O–H groups in total. The topological polar surface area (TPSA) is 18.5 Å². The van der Waals surface area contributed by atoms with E-state index in [4.69, 9.17) is 9.47 Å². The van der Waals surface area contributed by atoms with Gasteiger partial charge in [0.25, 0.3) is 0 Å². The predicted octanol–water partition coefficient (Wildman–Crippen LogP) is 3.72. The lowest BCUT2D eigenvalue weighted by atomic mass is 10.1. The summed E-state index contributed by atoms with van der Waals surface area (Å²) >= 11 is 0. The zero-order chi connectivity index (χ0) is 13.9. The standard InChI is InChI=1S/C15H18F2O2/c1-3-5-11-6-7-12(8-13(11)16)14-18-9-15(17,4-2)10-19-14/h4,6-8,14H,2-3,5,9-10H2,1H3. The first kappa shape index (κ1) is 14.2. The Hall–Kier alpha value is -1.26. The van der Waals surface area contributed by atoms with E-state index in [0.717, 1.165) is 6.42 Å². The average Bonchev–Trinajstić information content (AvgIpc) is 2.42. The van der Waals surface area contributed by atoms with Crippen LogP contribution in [-0.4, -0.2) is 18.9 Å². The summed E-state index contributed by atoms with van der Waals surface area (Å²) in [5, 5.41) is 0. The second-order valence-corrected chi connectivity index (χ2v) is 4.79. The summed E-state index contributed by atoms with van der Waals surface area (Å²) in [6.45, 7) is 5.15. The molecule has 1 fully saturated rings. The van der Waals surface area contributed by atoms with Crippen LogP contribution in [0.4, 0.5) is 8.78 Å². The van der Waals surface area contributed by atoms with Crippen molar-refractivity contribution in [2.75, 3.05) is 13.2 Å². The summed E-state index contributed by atoms with van der Waals surface area (Å²) < 4.78 is 38.2. The zero-order valence-electron chi connectivity index (χ0n) is 11.0. The van der Waals surface area contributed by atoms with E-state index in [0.29, 0.717) is 17.5 Å². The molecule has 0 saturated carbocycles. The SMILES string of the molecule is C=CC1(F)COC(c2ccc(CCC)c(F)c2)OC1. The molecule has 104 valence electrons. The van der Waals surface area contributed by atoms with Crippen molar-refractivity contribution in [3.8, 4) is 0 Å². The minimum absolute atomic E-state index is 0.125. The van der Waals surface area contributed by atoms with Crippen LogP contribution in [-0.2, 0) is 15.9 Å². The highest BCUT2D eigenvalue weighted by Gasteiger charge is 2.34. The van der Waals surface area contributed by atoms with Crippen molar-refractivity contribution in [2.45, 2.75) is 31.7 Å². The molecule has 1 heterocycles. The van der Waals surface area contributed by atoms with E-state index < -0.39 is 12.0 Å². The van der Waals surface area contributed by atoms with Crippen molar-refractivity contribution in [2.24, 2.45) is 0 Å². The summed E-state index contributed by atoms with van der Waals surface area (Å²) in [4.78, 5) is 0. The second kappa shape index (κ2) is 5.80. The van der Waals surface area contributed by atoms with Crippen LogP contribution in [0, 0.1) is 5.82 Å². The third-order valence-electron chi connectivity index (χ3n) is 3.18. The average molecular weight is 268 g/mol. The van der Waals surface area contributed by atoms with Crippen LogP contribution in [0.25, 0.3) is 0 Å². The van der Waals surface area contributed by atoms with Crippen molar-refractivity contribution in [1.82, 2.24) is 0 Å². The molecule has 1 aliphatic rings. The van der Waals surface area contributed by atoms with Crippen LogP contribution in [0.5, 0.6) is 0 Å². The van der Waals surface area contributed by atoms with Gasteiger partial charge in [-0.15, -0.1) is 0 Å². The lowest BCUT2D eigenvalue weighted by molar-refractivity contribution is -0.226. The lowest BCUT2D eigenvalue weighted by Gasteiger charge is -2.32. The van der Waals surface area contributed by atoms with E-state index in [-0.39, 0.29) is 19.0 Å². The Labute approximate surface area is 112 Å². The Morgan fingerprint density at radius 1 is 1.42 bits per heavy atom. The van der Waals surface area contributed by atoms with Gasteiger partial charge < -0.3 is 9.47 Å². The van der Waals surface area contributed by atoms with E-state index in [9.17, 15) is 8.78 Å². The van der Waals surface area contributed by atoms with Crippen molar-refractivity contribution in [3.63, 3.8) is 0 Å². The van der Waals surface area contributed by atoms with Crippen LogP contribution in [0.3, 0.4) is 0 Å². The maximum atomic E-state index is 13.8. The highest BCUT2D eigenvalue weighted by Crippen LogP contribution is 2.30. The molecule has 0 bridgehead atoms. The third-order valence-corrected chi connectivity index (χ3v) is 3.18. The second-order valence-electron chi connectivity index (χ2n) is 4.79. The maximum Gasteiger partial charge on any atom is 0.184 e. The molecule has 0 atom stereocenters. The molecule has 2 nitrogen and oxygen atoms in total. The molecule has 4 heteroatoms. The Morgan fingerprint density at radius 2 is 2.11 bits per heavy atom. The summed E-state index contributed by atoms with van der Waals surface area (Å²) in [5.41, 5.74) is -0.409. The Balaban J connectivity index is 2.07. The van der Waals surface area contributed by atoms with Crippen molar-refractivity contribution in [1.29, 1.82) is 0 Å². The highest BCUT2D eigenvalue weighted by atomic mass is 19.1. The molecule has 0 amide bonds. The maximum absolute atomic E-state index is 13.8. The molecule has 0 spiro atoms. The van der Waals surface area contributed by atoms with E-state index in [1.165, 1.54) is 12.1 Å². The van der Waals surface area contributed by atoms with Crippen LogP contribution < -0.4 is 0 Å². The number of aryl methyl sites for hydroxylation is 1. The fourth-order valence-electron chi connectivity index (χ4n) is 2.01. The van der Waals surface area contributed by atoms with Crippen LogP contribution in [0.2, 0.25) is 0 Å². The minimum Gasteiger partial charge on any atom is -0.345 e.